The molecule has 0 atom stereocenters. The summed E-state index contributed by atoms with van der Waals surface area (Å²) >= 11 is 0. The van der Waals surface area contributed by atoms with Crippen molar-refractivity contribution in [3.63, 3.8) is 0 Å². The minimum absolute atomic E-state index is 0.184. The number of esters is 4. The van der Waals surface area contributed by atoms with Crippen molar-refractivity contribution < 1.29 is 68.5 Å². The van der Waals surface area contributed by atoms with Crippen LogP contribution in [0.3, 0.4) is 0 Å². The maximum absolute atomic E-state index is 11.9. The molecule has 0 radical (unpaired) electrons. The van der Waals surface area contributed by atoms with Crippen molar-refractivity contribution in [1.82, 2.24) is 0 Å². The van der Waals surface area contributed by atoms with Crippen LogP contribution in [0.4, 0.5) is 68.2 Å². The first-order chi connectivity index (χ1) is 66.5. The molecule has 12 rings (SSSR count). The predicted octanol–water partition coefficient (Wildman–Crippen LogP) is 26.5. The van der Waals surface area contributed by atoms with E-state index in [0.29, 0.717) is 74.4 Å². The number of carbonyl (C=O) groups is 5. The number of anilines is 12. The molecular formula is C120H136N4O14. The Morgan fingerprint density at radius 1 is 0.254 bits per heavy atom. The summed E-state index contributed by atoms with van der Waals surface area (Å²) in [5.74, 6) is -2.45. The van der Waals surface area contributed by atoms with Gasteiger partial charge in [0.05, 0.1) is 32.3 Å². The number of aliphatic hydroxyl groups is 4. The number of hydrogen-bond acceptors (Lipinski definition) is 17. The molecule has 0 spiro atoms. The Hall–Kier alpha value is -14.0. The first kappa shape index (κ1) is 106. The number of aryl methyl sites for hydroxylation is 12. The van der Waals surface area contributed by atoms with Crippen LogP contribution in [0.15, 0.2) is 316 Å². The maximum atomic E-state index is 11.9. The van der Waals surface area contributed by atoms with Crippen molar-refractivity contribution in [1.29, 1.82) is 0 Å². The van der Waals surface area contributed by atoms with Gasteiger partial charge in [0.1, 0.15) is 0 Å². The third-order valence-electron chi connectivity index (χ3n) is 24.0. The minimum atomic E-state index is -0.741. The van der Waals surface area contributed by atoms with Gasteiger partial charge in [-0.25, -0.2) is 19.2 Å². The Bertz CT molecular complexity index is 5670. The Labute approximate surface area is 816 Å². The second-order valence-electron chi connectivity index (χ2n) is 35.5. The van der Waals surface area contributed by atoms with Gasteiger partial charge in [-0.2, -0.15) is 0 Å². The highest BCUT2D eigenvalue weighted by molar-refractivity contribution is 5.90. The molecule has 720 valence electrons. The number of benzene rings is 12. The van der Waals surface area contributed by atoms with E-state index < -0.39 is 5.97 Å². The van der Waals surface area contributed by atoms with Gasteiger partial charge in [-0.3, -0.25) is 4.79 Å². The maximum Gasteiger partial charge on any atom is 0.333 e. The first-order valence-electron chi connectivity index (χ1n) is 47.9. The summed E-state index contributed by atoms with van der Waals surface area (Å²) < 4.78 is 21.4. The van der Waals surface area contributed by atoms with Crippen molar-refractivity contribution in [2.45, 2.75) is 172 Å². The molecule has 12 aromatic carbocycles. The van der Waals surface area contributed by atoms with Gasteiger partial charge in [0.15, 0.2) is 0 Å². The van der Waals surface area contributed by atoms with E-state index in [4.69, 9.17) is 24.1 Å². The highest BCUT2D eigenvalue weighted by Crippen LogP contribution is 2.43. The van der Waals surface area contributed by atoms with Gasteiger partial charge in [0.25, 0.3) is 0 Å². The smallest absolute Gasteiger partial charge is 0.333 e. The standard InChI is InChI=1S/C66H72N2O8.C50H56N2O4.C4H8O2/c1-45(2)63(69)73-39-11-15-51-19-29-57(30-20-51)67(61-37-23-53(49(9)43-61)17-13-41-75-65(71)47(5)6)59-33-25-55(26-34-59)56-27-35-60(36-28-56)68(58-31-21-52(22-32-58)16-12-40-74-64(70)46(3)4)62-38-24-54(50(10)44-62)18-14-42-76-66(72)48(7)8;1-37-35-49(29-15-41(37)9-5-33-55)51(45-21-11-39(12-22-45)7-3-31-53)47-25-17-43(18-26-47)44-19-27-48(28-20-44)52(46-23-13-40(14-24-46)8-4-32-54)50-30-16-42(10-6-34-56)38(2)36-50;1-3(2)4(5)6/h19-38,43-44H,1,3,5,7,11-18,39-42H2,2,4,6,8-10H3;11-30,35-36,53-56H,3-10,31-34H2,1-2H3;3H,1-2H3,(H,5,6). The number of ether oxygens (including phenoxy) is 4. The second kappa shape index (κ2) is 54.1. The lowest BCUT2D eigenvalue weighted by atomic mass is 10.0. The van der Waals surface area contributed by atoms with Gasteiger partial charge in [-0.15, -0.1) is 0 Å². The van der Waals surface area contributed by atoms with Crippen molar-refractivity contribution in [3.05, 3.63) is 382 Å². The van der Waals surface area contributed by atoms with Crippen LogP contribution < -0.4 is 19.6 Å². The quantitative estimate of drug-likeness (QED) is 0.0103. The molecule has 0 bridgehead atoms. The summed E-state index contributed by atoms with van der Waals surface area (Å²) in [5, 5.41) is 45.5. The molecule has 138 heavy (non-hydrogen) atoms. The molecule has 0 aliphatic carbocycles. The minimum Gasteiger partial charge on any atom is -0.481 e. The lowest BCUT2D eigenvalue weighted by Crippen LogP contribution is -2.11. The number of aliphatic carboxylic acids is 1. The molecule has 0 aromatic heterocycles. The highest BCUT2D eigenvalue weighted by Gasteiger charge is 2.22. The zero-order chi connectivity index (χ0) is 99.2. The van der Waals surface area contributed by atoms with Crippen molar-refractivity contribution in [2.75, 3.05) is 72.5 Å². The van der Waals surface area contributed by atoms with E-state index in [0.717, 1.165) is 190 Å². The molecule has 0 aliphatic rings. The summed E-state index contributed by atoms with van der Waals surface area (Å²) in [4.78, 5) is 66.5. The summed E-state index contributed by atoms with van der Waals surface area (Å²) in [6.45, 7) is 35.1. The van der Waals surface area contributed by atoms with E-state index in [1.807, 2.05) is 0 Å². The summed E-state index contributed by atoms with van der Waals surface area (Å²) in [6.07, 6.45) is 12.2. The van der Waals surface area contributed by atoms with Crippen LogP contribution in [0.2, 0.25) is 0 Å². The topological polar surface area (TPSA) is 236 Å². The predicted molar refractivity (Wildman–Crippen MR) is 562 cm³/mol. The average molecular weight is 1860 g/mol. The van der Waals surface area contributed by atoms with Crippen LogP contribution in [0, 0.1) is 33.6 Å². The third kappa shape index (κ3) is 31.5. The molecule has 0 aliphatic heterocycles. The molecule has 5 N–H and O–H groups in total. The van der Waals surface area contributed by atoms with E-state index >= 15 is 0 Å². The van der Waals surface area contributed by atoms with Crippen molar-refractivity contribution in [3.8, 4) is 22.3 Å². The van der Waals surface area contributed by atoms with Gasteiger partial charge >= 0.3 is 29.8 Å². The summed E-state index contributed by atoms with van der Waals surface area (Å²) in [5.41, 5.74) is 32.6. The van der Waals surface area contributed by atoms with Crippen LogP contribution in [-0.4, -0.2) is 108 Å². The van der Waals surface area contributed by atoms with Crippen molar-refractivity contribution in [2.24, 2.45) is 5.92 Å². The summed E-state index contributed by atoms with van der Waals surface area (Å²) in [6, 6.07) is 95.2. The lowest BCUT2D eigenvalue weighted by Gasteiger charge is -2.27. The molecule has 18 nitrogen and oxygen atoms in total. The Morgan fingerprint density at radius 3 is 0.587 bits per heavy atom. The fourth-order valence-electron chi connectivity index (χ4n) is 16.0. The fourth-order valence-corrected chi connectivity index (χ4v) is 16.0. The Morgan fingerprint density at radius 2 is 0.413 bits per heavy atom. The van der Waals surface area contributed by atoms with Crippen LogP contribution in [0.5, 0.6) is 0 Å². The largest absolute Gasteiger partial charge is 0.481 e. The number of carboxylic acid groups (broad SMARTS) is 1. The van der Waals surface area contributed by atoms with Gasteiger partial charge < -0.3 is 64.1 Å². The molecule has 0 amide bonds. The van der Waals surface area contributed by atoms with Crippen molar-refractivity contribution >= 4 is 98.1 Å². The highest BCUT2D eigenvalue weighted by atomic mass is 16.5. The molecule has 0 saturated carbocycles. The zero-order valence-corrected chi connectivity index (χ0v) is 82.0. The Balaban J connectivity index is 0.000000279. The first-order valence-corrected chi connectivity index (χ1v) is 47.9. The van der Waals surface area contributed by atoms with Crippen LogP contribution >= 0.6 is 0 Å². The average Bonchev–Trinajstić information content (AvgIpc) is 0.803. The normalized spacial score (nSPS) is 10.9. The van der Waals surface area contributed by atoms with Crippen LogP contribution in [-0.2, 0) is 94.3 Å². The molecule has 0 saturated heterocycles. The SMILES string of the molecule is C=C(C)C(=O)OCCCc1ccc(N(c2ccc(-c3ccc(N(c4ccc(CCCOC(=O)C(=C)C)cc4)c4ccc(CCCOC(=O)C(=C)C)c(C)c4)cc3)cc2)c2ccc(CCCOC(=O)C(=C)C)c(C)c2)cc1.CC(C)C(=O)O.Cc1cc(N(c2ccc(CCCO)cc2)c2ccc(-c3ccc(N(c4ccc(CCCO)cc4)c4ccc(CCCO)c(C)c4)cc3)cc2)ccc1CCCO. The molecule has 18 heteroatoms. The number of rotatable bonds is 47. The van der Waals surface area contributed by atoms with Gasteiger partial charge in [-0.05, 0) is 393 Å². The zero-order valence-electron chi connectivity index (χ0n) is 82.0. The van der Waals surface area contributed by atoms with E-state index in [1.165, 1.54) is 44.5 Å². The number of carbonyl (C=O) groups excluding carboxylic acids is 4. The van der Waals surface area contributed by atoms with Crippen LogP contribution in [0.25, 0.3) is 22.3 Å². The molecule has 0 unspecified atom stereocenters. The second-order valence-corrected chi connectivity index (χ2v) is 35.5. The van der Waals surface area contributed by atoms with E-state index in [9.17, 15) is 44.4 Å². The van der Waals surface area contributed by atoms with E-state index in [-0.39, 0.29) is 56.2 Å². The van der Waals surface area contributed by atoms with Gasteiger partial charge in [-0.1, -0.05) is 161 Å². The number of carboxylic acids is 1. The monoisotopic (exact) mass is 1860 g/mol. The van der Waals surface area contributed by atoms with E-state index in [1.54, 1.807) is 41.5 Å². The van der Waals surface area contributed by atoms with Gasteiger partial charge in [0.2, 0.25) is 0 Å². The number of aliphatic hydroxyl groups excluding tert-OH is 4. The van der Waals surface area contributed by atoms with Gasteiger partial charge in [0, 0.05) is 117 Å². The lowest BCUT2D eigenvalue weighted by molar-refractivity contribution is -0.141. The van der Waals surface area contributed by atoms with Crippen LogP contribution in [0.1, 0.15) is 160 Å². The molecular weight excluding hydrogens is 1720 g/mol. The summed E-state index contributed by atoms with van der Waals surface area (Å²) in [7, 11) is 0. The third-order valence-corrected chi connectivity index (χ3v) is 24.0. The Kier molecular flexibility index (Phi) is 41.5. The molecule has 12 aromatic rings. The van der Waals surface area contributed by atoms with E-state index in [2.05, 4.69) is 341 Å². The number of hydrogen-bond donors (Lipinski definition) is 5. The fraction of sp³-hybridized carbons (Fsp3) is 0.292. The molecule has 0 fully saturated rings. The number of nitrogens with zero attached hydrogens (tertiary/aromatic N) is 4. The molecule has 0 heterocycles.